The molecule has 5 heteroatoms. The van der Waals surface area contributed by atoms with Gasteiger partial charge in [-0.25, -0.2) is 4.68 Å². The van der Waals surface area contributed by atoms with Crippen molar-refractivity contribution in [1.29, 1.82) is 0 Å². The van der Waals surface area contributed by atoms with Gasteiger partial charge >= 0.3 is 0 Å². The van der Waals surface area contributed by atoms with Gasteiger partial charge in [0.2, 0.25) is 0 Å². The van der Waals surface area contributed by atoms with E-state index in [2.05, 4.69) is 10.4 Å². The van der Waals surface area contributed by atoms with E-state index in [1.807, 2.05) is 73.3 Å². The smallest absolute Gasteiger partial charge is 0.256 e. The van der Waals surface area contributed by atoms with Gasteiger partial charge in [0.1, 0.15) is 5.56 Å². The van der Waals surface area contributed by atoms with E-state index in [9.17, 15) is 4.79 Å². The highest BCUT2D eigenvalue weighted by atomic mass is 16.1. The normalized spacial score (nSPS) is 12.1. The fourth-order valence-electron chi connectivity index (χ4n) is 2.39. The molecule has 118 valence electrons. The summed E-state index contributed by atoms with van der Waals surface area (Å²) in [5.74, 6) is 0.632. The molecule has 3 rings (SSSR count). The number of carbonyl (C=O) groups excluding carboxylic acids is 1. The average molecular weight is 308 g/mol. The predicted octanol–water partition coefficient (Wildman–Crippen LogP) is 3.19. The quantitative estimate of drug-likeness (QED) is 0.787. The first-order chi connectivity index (χ1) is 11.2. The number of nitrogens with one attached hydrogen (secondary N) is 1. The molecule has 23 heavy (non-hydrogen) atoms. The van der Waals surface area contributed by atoms with Crippen molar-refractivity contribution < 1.29 is 4.79 Å². The van der Waals surface area contributed by atoms with Crippen LogP contribution < -0.4 is 5.32 Å². The third kappa shape index (κ3) is 3.04. The molecule has 2 aromatic heterocycles. The summed E-state index contributed by atoms with van der Waals surface area (Å²) in [6, 6.07) is 13.8. The second kappa shape index (κ2) is 6.52. The molecule has 3 aromatic rings. The van der Waals surface area contributed by atoms with Gasteiger partial charge in [-0.2, -0.15) is 5.10 Å². The molecule has 0 aliphatic rings. The minimum Gasteiger partial charge on any atom is -0.349 e. The van der Waals surface area contributed by atoms with Crippen molar-refractivity contribution in [3.63, 3.8) is 0 Å². The summed E-state index contributed by atoms with van der Waals surface area (Å²) in [6.45, 7) is 4.04. The van der Waals surface area contributed by atoms with Crippen LogP contribution in [-0.2, 0) is 0 Å². The molecule has 1 N–H and O–H groups in total. The van der Waals surface area contributed by atoms with Crippen molar-refractivity contribution >= 4 is 5.91 Å². The lowest BCUT2D eigenvalue weighted by atomic mass is 10.2. The van der Waals surface area contributed by atoms with E-state index in [1.165, 1.54) is 0 Å². The largest absolute Gasteiger partial charge is 0.349 e. The SMILES string of the molecule is CCC(C)NC(=O)c1cnn(-c2ccccc2)c1-n1cccc1. The lowest BCUT2D eigenvalue weighted by Crippen LogP contribution is -2.32. The summed E-state index contributed by atoms with van der Waals surface area (Å²) in [6.07, 6.45) is 6.34. The van der Waals surface area contributed by atoms with Crippen LogP contribution in [0.5, 0.6) is 0 Å². The molecule has 1 unspecified atom stereocenters. The molecule has 0 saturated carbocycles. The summed E-state index contributed by atoms with van der Waals surface area (Å²) in [5.41, 5.74) is 1.48. The number of amides is 1. The van der Waals surface area contributed by atoms with Gasteiger partial charge < -0.3 is 9.88 Å². The van der Waals surface area contributed by atoms with Crippen molar-refractivity contribution in [1.82, 2.24) is 19.7 Å². The molecule has 0 saturated heterocycles. The third-order valence-corrected chi connectivity index (χ3v) is 3.83. The van der Waals surface area contributed by atoms with Crippen LogP contribution in [0.25, 0.3) is 11.5 Å². The van der Waals surface area contributed by atoms with Crippen LogP contribution in [0, 0.1) is 0 Å². The lowest BCUT2D eigenvalue weighted by Gasteiger charge is -2.13. The maximum Gasteiger partial charge on any atom is 0.256 e. The van der Waals surface area contributed by atoms with Crippen LogP contribution in [-0.4, -0.2) is 26.3 Å². The molecule has 0 aliphatic carbocycles. The first-order valence-electron chi connectivity index (χ1n) is 7.78. The second-order valence-corrected chi connectivity index (χ2v) is 5.50. The Morgan fingerprint density at radius 1 is 1.17 bits per heavy atom. The highest BCUT2D eigenvalue weighted by Gasteiger charge is 2.20. The number of hydrogen-bond donors (Lipinski definition) is 1. The van der Waals surface area contributed by atoms with Crippen molar-refractivity contribution in [2.45, 2.75) is 26.3 Å². The van der Waals surface area contributed by atoms with Crippen molar-refractivity contribution in [2.24, 2.45) is 0 Å². The lowest BCUT2D eigenvalue weighted by molar-refractivity contribution is 0.0939. The van der Waals surface area contributed by atoms with E-state index in [0.29, 0.717) is 5.56 Å². The van der Waals surface area contributed by atoms with Crippen molar-refractivity contribution in [2.75, 3.05) is 0 Å². The molecule has 2 heterocycles. The Bertz CT molecular complexity index is 775. The summed E-state index contributed by atoms with van der Waals surface area (Å²) < 4.78 is 3.69. The van der Waals surface area contributed by atoms with Crippen molar-refractivity contribution in [3.8, 4) is 11.5 Å². The van der Waals surface area contributed by atoms with E-state index in [0.717, 1.165) is 17.9 Å². The van der Waals surface area contributed by atoms with Gasteiger partial charge in [-0.3, -0.25) is 4.79 Å². The minimum absolute atomic E-state index is 0.106. The van der Waals surface area contributed by atoms with Crippen LogP contribution in [0.4, 0.5) is 0 Å². The van der Waals surface area contributed by atoms with E-state index in [-0.39, 0.29) is 11.9 Å². The van der Waals surface area contributed by atoms with E-state index < -0.39 is 0 Å². The van der Waals surface area contributed by atoms with Gasteiger partial charge in [0.15, 0.2) is 5.82 Å². The Balaban J connectivity index is 2.08. The molecule has 0 radical (unpaired) electrons. The minimum atomic E-state index is -0.106. The number of hydrogen-bond acceptors (Lipinski definition) is 2. The van der Waals surface area contributed by atoms with Gasteiger partial charge in [-0.15, -0.1) is 0 Å². The fourth-order valence-corrected chi connectivity index (χ4v) is 2.39. The standard InChI is InChI=1S/C18H20N4O/c1-3-14(2)20-17(23)16-13-19-22(15-9-5-4-6-10-15)18(16)21-11-7-8-12-21/h4-14H,3H2,1-2H3,(H,20,23). The van der Waals surface area contributed by atoms with Gasteiger partial charge in [0.25, 0.3) is 5.91 Å². The Morgan fingerprint density at radius 3 is 2.52 bits per heavy atom. The zero-order valence-corrected chi connectivity index (χ0v) is 13.3. The van der Waals surface area contributed by atoms with Crippen LogP contribution in [0.2, 0.25) is 0 Å². The highest BCUT2D eigenvalue weighted by Crippen LogP contribution is 2.19. The van der Waals surface area contributed by atoms with Gasteiger partial charge in [0.05, 0.1) is 11.9 Å². The maximum absolute atomic E-state index is 12.6. The Kier molecular flexibility index (Phi) is 4.28. The number of para-hydroxylation sites is 1. The molecule has 0 aliphatic heterocycles. The van der Waals surface area contributed by atoms with E-state index >= 15 is 0 Å². The average Bonchev–Trinajstić information content (AvgIpc) is 3.24. The number of nitrogens with zero attached hydrogens (tertiary/aromatic N) is 3. The first kappa shape index (κ1) is 15.1. The first-order valence-corrected chi connectivity index (χ1v) is 7.78. The number of benzene rings is 1. The summed E-state index contributed by atoms with van der Waals surface area (Å²) >= 11 is 0. The zero-order chi connectivity index (χ0) is 16.2. The zero-order valence-electron chi connectivity index (χ0n) is 13.3. The van der Waals surface area contributed by atoms with Crippen LogP contribution in [0.3, 0.4) is 0 Å². The molecule has 0 bridgehead atoms. The predicted molar refractivity (Wildman–Crippen MR) is 90.1 cm³/mol. The van der Waals surface area contributed by atoms with Gasteiger partial charge in [-0.1, -0.05) is 25.1 Å². The molecule has 5 nitrogen and oxygen atoms in total. The van der Waals surface area contributed by atoms with Crippen molar-refractivity contribution in [3.05, 3.63) is 66.6 Å². The summed E-state index contributed by atoms with van der Waals surface area (Å²) in [5, 5.41) is 7.44. The molecular weight excluding hydrogens is 288 g/mol. The monoisotopic (exact) mass is 308 g/mol. The molecule has 1 atom stereocenters. The second-order valence-electron chi connectivity index (χ2n) is 5.50. The topological polar surface area (TPSA) is 51.9 Å². The molecular formula is C18H20N4O. The van der Waals surface area contributed by atoms with Gasteiger partial charge in [0, 0.05) is 18.4 Å². The third-order valence-electron chi connectivity index (χ3n) is 3.83. The molecule has 0 fully saturated rings. The molecule has 0 spiro atoms. The Labute approximate surface area is 135 Å². The number of rotatable bonds is 5. The van der Waals surface area contributed by atoms with Crippen LogP contribution >= 0.6 is 0 Å². The summed E-state index contributed by atoms with van der Waals surface area (Å²) in [7, 11) is 0. The number of carbonyl (C=O) groups is 1. The van der Waals surface area contributed by atoms with E-state index in [1.54, 1.807) is 10.9 Å². The van der Waals surface area contributed by atoms with E-state index in [4.69, 9.17) is 0 Å². The molecule has 1 amide bonds. The summed E-state index contributed by atoms with van der Waals surface area (Å²) in [4.78, 5) is 12.6. The Hall–Kier alpha value is -2.82. The Morgan fingerprint density at radius 2 is 1.87 bits per heavy atom. The van der Waals surface area contributed by atoms with Crippen LogP contribution in [0.15, 0.2) is 61.1 Å². The number of aromatic nitrogens is 3. The maximum atomic E-state index is 12.6. The van der Waals surface area contributed by atoms with Crippen LogP contribution in [0.1, 0.15) is 30.6 Å². The highest BCUT2D eigenvalue weighted by molar-refractivity contribution is 5.97. The van der Waals surface area contributed by atoms with Gasteiger partial charge in [-0.05, 0) is 37.6 Å². The molecule has 1 aromatic carbocycles. The fraction of sp³-hybridized carbons (Fsp3) is 0.222.